The number of nitrogens with zero attached hydrogens (tertiary/aromatic N) is 4. The van der Waals surface area contributed by atoms with Crippen LogP contribution in [0, 0.1) is 27.4 Å². The fraction of sp³-hybridized carbons (Fsp3) is 0.538. The maximum atomic E-state index is 11.2. The Labute approximate surface area is 117 Å². The lowest BCUT2D eigenvalue weighted by atomic mass is 9.93. The van der Waals surface area contributed by atoms with E-state index in [4.69, 9.17) is 11.0 Å². The number of pyridine rings is 1. The van der Waals surface area contributed by atoms with Gasteiger partial charge in [0, 0.05) is 24.8 Å². The zero-order valence-corrected chi connectivity index (χ0v) is 11.3. The molecule has 0 amide bonds. The molecular weight excluding hydrogens is 258 g/mol. The predicted molar refractivity (Wildman–Crippen MR) is 74.2 cm³/mol. The molecule has 20 heavy (non-hydrogen) atoms. The average Bonchev–Trinajstić information content (AvgIpc) is 2.47. The van der Waals surface area contributed by atoms with Gasteiger partial charge < -0.3 is 10.6 Å². The van der Waals surface area contributed by atoms with Crippen LogP contribution in [-0.4, -0.2) is 29.0 Å². The summed E-state index contributed by atoms with van der Waals surface area (Å²) in [6, 6.07) is 3.33. The van der Waals surface area contributed by atoms with E-state index < -0.39 is 4.92 Å². The number of nitrogens with two attached hydrogens (primary N) is 1. The second-order valence-electron chi connectivity index (χ2n) is 5.12. The summed E-state index contributed by atoms with van der Waals surface area (Å²) in [5, 5.41) is 20.0. The van der Waals surface area contributed by atoms with Crippen molar-refractivity contribution >= 4 is 11.5 Å². The highest BCUT2D eigenvalue weighted by Crippen LogP contribution is 2.32. The van der Waals surface area contributed by atoms with E-state index in [9.17, 15) is 10.1 Å². The van der Waals surface area contributed by atoms with Gasteiger partial charge in [-0.15, -0.1) is 0 Å². The van der Waals surface area contributed by atoms with Crippen molar-refractivity contribution in [3.05, 3.63) is 27.9 Å². The van der Waals surface area contributed by atoms with Crippen LogP contribution in [0.3, 0.4) is 0 Å². The van der Waals surface area contributed by atoms with E-state index in [-0.39, 0.29) is 17.3 Å². The summed E-state index contributed by atoms with van der Waals surface area (Å²) in [6.07, 6.45) is 3.33. The number of nitriles is 1. The molecule has 2 heterocycles. The molecule has 7 heteroatoms. The molecule has 1 fully saturated rings. The summed E-state index contributed by atoms with van der Waals surface area (Å²) >= 11 is 0. The van der Waals surface area contributed by atoms with Gasteiger partial charge in [-0.1, -0.05) is 0 Å². The number of aromatic nitrogens is 1. The first kappa shape index (κ1) is 14.2. The Morgan fingerprint density at radius 1 is 1.65 bits per heavy atom. The van der Waals surface area contributed by atoms with Crippen molar-refractivity contribution in [1.82, 2.24) is 4.98 Å². The third-order valence-corrected chi connectivity index (χ3v) is 3.76. The summed E-state index contributed by atoms with van der Waals surface area (Å²) in [6.45, 7) is 3.25. The molecule has 2 atom stereocenters. The van der Waals surface area contributed by atoms with Crippen LogP contribution in [-0.2, 0) is 0 Å². The van der Waals surface area contributed by atoms with E-state index in [0.29, 0.717) is 24.8 Å². The standard InChI is InChI=1S/C13H17N5O2/c1-9-2-3-10(5-14)8-17(9)13-12(18(19)20)4-11(6-15)7-16-13/h4,7,9-10H,2-3,5,8,14H2,1H3. The minimum absolute atomic E-state index is 0.117. The highest BCUT2D eigenvalue weighted by molar-refractivity contribution is 5.60. The molecule has 1 saturated heterocycles. The summed E-state index contributed by atoms with van der Waals surface area (Å²) in [4.78, 5) is 16.8. The van der Waals surface area contributed by atoms with Crippen LogP contribution in [0.25, 0.3) is 0 Å². The summed E-state index contributed by atoms with van der Waals surface area (Å²) in [5.41, 5.74) is 5.79. The summed E-state index contributed by atoms with van der Waals surface area (Å²) < 4.78 is 0. The molecule has 0 aliphatic carbocycles. The quantitative estimate of drug-likeness (QED) is 0.660. The van der Waals surface area contributed by atoms with Gasteiger partial charge in [-0.05, 0) is 32.2 Å². The van der Waals surface area contributed by atoms with Crippen LogP contribution in [0.1, 0.15) is 25.3 Å². The van der Waals surface area contributed by atoms with E-state index in [1.165, 1.54) is 12.3 Å². The third-order valence-electron chi connectivity index (χ3n) is 3.76. The molecular formula is C13H17N5O2. The van der Waals surface area contributed by atoms with Crippen molar-refractivity contribution in [3.63, 3.8) is 0 Å². The van der Waals surface area contributed by atoms with Crippen molar-refractivity contribution in [2.75, 3.05) is 18.0 Å². The Morgan fingerprint density at radius 3 is 3.00 bits per heavy atom. The Morgan fingerprint density at radius 2 is 2.40 bits per heavy atom. The Kier molecular flexibility index (Phi) is 4.15. The molecule has 2 unspecified atom stereocenters. The molecule has 1 aromatic rings. The fourth-order valence-corrected chi connectivity index (χ4v) is 2.53. The molecule has 1 aromatic heterocycles. The van der Waals surface area contributed by atoms with Gasteiger partial charge in [-0.25, -0.2) is 4.98 Å². The zero-order valence-electron chi connectivity index (χ0n) is 11.3. The van der Waals surface area contributed by atoms with Crippen molar-refractivity contribution in [2.45, 2.75) is 25.8 Å². The largest absolute Gasteiger partial charge is 0.348 e. The SMILES string of the molecule is CC1CCC(CN)CN1c1ncc(C#N)cc1[N+](=O)[O-]. The molecule has 2 rings (SSSR count). The highest BCUT2D eigenvalue weighted by Gasteiger charge is 2.30. The third kappa shape index (κ3) is 2.70. The first-order valence-corrected chi connectivity index (χ1v) is 6.58. The van der Waals surface area contributed by atoms with Gasteiger partial charge in [0.1, 0.15) is 6.07 Å². The molecule has 0 aromatic carbocycles. The zero-order chi connectivity index (χ0) is 14.7. The van der Waals surface area contributed by atoms with E-state index in [1.54, 1.807) is 0 Å². The molecule has 1 aliphatic rings. The van der Waals surface area contributed by atoms with Crippen LogP contribution >= 0.6 is 0 Å². The van der Waals surface area contributed by atoms with Gasteiger partial charge in [-0.3, -0.25) is 10.1 Å². The molecule has 0 saturated carbocycles. The number of hydrogen-bond acceptors (Lipinski definition) is 6. The lowest BCUT2D eigenvalue weighted by Gasteiger charge is -2.38. The number of hydrogen-bond donors (Lipinski definition) is 1. The predicted octanol–water partition coefficient (Wildman–Crippen LogP) is 1.43. The Bertz CT molecular complexity index is 554. The molecule has 7 nitrogen and oxygen atoms in total. The van der Waals surface area contributed by atoms with E-state index >= 15 is 0 Å². The highest BCUT2D eigenvalue weighted by atomic mass is 16.6. The Hall–Kier alpha value is -2.20. The van der Waals surface area contributed by atoms with Gasteiger partial charge in [0.2, 0.25) is 5.82 Å². The van der Waals surface area contributed by atoms with Crippen molar-refractivity contribution < 1.29 is 4.92 Å². The van der Waals surface area contributed by atoms with Crippen molar-refractivity contribution in [2.24, 2.45) is 11.7 Å². The smallest absolute Gasteiger partial charge is 0.312 e. The first-order chi connectivity index (χ1) is 9.56. The Balaban J connectivity index is 2.40. The maximum Gasteiger partial charge on any atom is 0.312 e. The van der Waals surface area contributed by atoms with Crippen LogP contribution in [0.2, 0.25) is 0 Å². The normalized spacial score (nSPS) is 22.4. The van der Waals surface area contributed by atoms with Gasteiger partial charge in [0.25, 0.3) is 0 Å². The lowest BCUT2D eigenvalue weighted by Crippen LogP contribution is -2.44. The molecule has 1 aliphatic heterocycles. The topological polar surface area (TPSA) is 109 Å². The number of anilines is 1. The van der Waals surface area contributed by atoms with Crippen LogP contribution < -0.4 is 10.6 Å². The number of nitro groups is 1. The first-order valence-electron chi connectivity index (χ1n) is 6.58. The second-order valence-corrected chi connectivity index (χ2v) is 5.12. The summed E-state index contributed by atoms with van der Waals surface area (Å²) in [5.74, 6) is 0.655. The fourth-order valence-electron chi connectivity index (χ4n) is 2.53. The molecule has 106 valence electrons. The monoisotopic (exact) mass is 275 g/mol. The minimum Gasteiger partial charge on any atom is -0.348 e. The van der Waals surface area contributed by atoms with Crippen LogP contribution in [0.15, 0.2) is 12.3 Å². The maximum absolute atomic E-state index is 11.2. The molecule has 0 radical (unpaired) electrons. The van der Waals surface area contributed by atoms with Crippen molar-refractivity contribution in [1.29, 1.82) is 5.26 Å². The van der Waals surface area contributed by atoms with Gasteiger partial charge in [0.05, 0.1) is 10.5 Å². The van der Waals surface area contributed by atoms with Crippen LogP contribution in [0.4, 0.5) is 11.5 Å². The van der Waals surface area contributed by atoms with Gasteiger partial charge in [-0.2, -0.15) is 5.26 Å². The number of rotatable bonds is 3. The van der Waals surface area contributed by atoms with Crippen molar-refractivity contribution in [3.8, 4) is 6.07 Å². The van der Waals surface area contributed by atoms with E-state index in [0.717, 1.165) is 12.8 Å². The molecule has 0 spiro atoms. The van der Waals surface area contributed by atoms with E-state index in [1.807, 2.05) is 17.9 Å². The van der Waals surface area contributed by atoms with Gasteiger partial charge >= 0.3 is 5.69 Å². The summed E-state index contributed by atoms with van der Waals surface area (Å²) in [7, 11) is 0. The van der Waals surface area contributed by atoms with Gasteiger partial charge in [0.15, 0.2) is 0 Å². The number of piperidine rings is 1. The molecule has 0 bridgehead atoms. The molecule has 2 N–H and O–H groups in total. The second kappa shape index (κ2) is 5.84. The lowest BCUT2D eigenvalue weighted by molar-refractivity contribution is -0.384. The average molecular weight is 275 g/mol. The minimum atomic E-state index is -0.484. The van der Waals surface area contributed by atoms with Crippen LogP contribution in [0.5, 0.6) is 0 Å². The van der Waals surface area contributed by atoms with E-state index in [2.05, 4.69) is 4.98 Å².